The van der Waals surface area contributed by atoms with Crippen molar-refractivity contribution in [3.05, 3.63) is 21.9 Å². The minimum Gasteiger partial charge on any atom is -0.351 e. The van der Waals surface area contributed by atoms with E-state index in [1.807, 2.05) is 37.1 Å². The van der Waals surface area contributed by atoms with E-state index in [4.69, 9.17) is 0 Å². The van der Waals surface area contributed by atoms with Gasteiger partial charge in [-0.1, -0.05) is 13.8 Å². The molecule has 114 valence electrons. The van der Waals surface area contributed by atoms with Gasteiger partial charge in [0.05, 0.1) is 17.0 Å². The highest BCUT2D eigenvalue weighted by molar-refractivity contribution is 7.12. The second-order valence-electron chi connectivity index (χ2n) is 6.45. The lowest BCUT2D eigenvalue weighted by molar-refractivity contribution is -0.124. The van der Waals surface area contributed by atoms with Crippen molar-refractivity contribution in [2.75, 3.05) is 0 Å². The first kappa shape index (κ1) is 14.6. The minimum absolute atomic E-state index is 0.00665. The molecule has 1 N–H and O–H groups in total. The average Bonchev–Trinajstić information content (AvgIpc) is 3.11. The summed E-state index contributed by atoms with van der Waals surface area (Å²) in [5.41, 5.74) is 1.05. The van der Waals surface area contributed by atoms with Crippen LogP contribution < -0.4 is 5.32 Å². The van der Waals surface area contributed by atoms with E-state index in [1.165, 1.54) is 11.3 Å². The van der Waals surface area contributed by atoms with E-state index in [1.54, 1.807) is 0 Å². The Hall–Kier alpha value is -1.36. The first-order chi connectivity index (χ1) is 9.99. The van der Waals surface area contributed by atoms with Gasteiger partial charge in [0.2, 0.25) is 5.91 Å². The van der Waals surface area contributed by atoms with Crippen LogP contribution in [0.4, 0.5) is 0 Å². The number of hydrogen-bond donors (Lipinski definition) is 1. The summed E-state index contributed by atoms with van der Waals surface area (Å²) in [5, 5.41) is 5.10. The highest BCUT2D eigenvalue weighted by atomic mass is 32.1. The van der Waals surface area contributed by atoms with E-state index in [0.29, 0.717) is 6.04 Å². The Morgan fingerprint density at radius 1 is 1.38 bits per heavy atom. The van der Waals surface area contributed by atoms with Gasteiger partial charge in [-0.15, -0.1) is 11.3 Å². The van der Waals surface area contributed by atoms with Gasteiger partial charge in [-0.2, -0.15) is 0 Å². The number of rotatable bonds is 3. The van der Waals surface area contributed by atoms with Crippen LogP contribution in [0.2, 0.25) is 0 Å². The summed E-state index contributed by atoms with van der Waals surface area (Å²) in [6.45, 7) is 5.79. The number of hydrogen-bond acceptors (Lipinski definition) is 3. The van der Waals surface area contributed by atoms with E-state index in [-0.39, 0.29) is 29.8 Å². The first-order valence-electron chi connectivity index (χ1n) is 7.66. The molecule has 2 bridgehead atoms. The van der Waals surface area contributed by atoms with Gasteiger partial charge in [0.1, 0.15) is 0 Å². The lowest BCUT2D eigenvalue weighted by Crippen LogP contribution is -2.46. The van der Waals surface area contributed by atoms with Crippen LogP contribution in [0.15, 0.2) is 11.4 Å². The van der Waals surface area contributed by atoms with Crippen LogP contribution in [0.3, 0.4) is 0 Å². The van der Waals surface area contributed by atoms with Crippen LogP contribution in [-0.4, -0.2) is 34.8 Å². The van der Waals surface area contributed by atoms with Crippen LogP contribution >= 0.6 is 11.3 Å². The fourth-order valence-electron chi connectivity index (χ4n) is 3.52. The summed E-state index contributed by atoms with van der Waals surface area (Å²) in [6, 6.07) is 2.59. The quantitative estimate of drug-likeness (QED) is 0.933. The summed E-state index contributed by atoms with van der Waals surface area (Å²) in [6.07, 6.45) is 2.97. The lowest BCUT2D eigenvalue weighted by atomic mass is 9.95. The van der Waals surface area contributed by atoms with Crippen LogP contribution in [-0.2, 0) is 4.79 Å². The Morgan fingerprint density at radius 3 is 2.76 bits per heavy atom. The van der Waals surface area contributed by atoms with Crippen LogP contribution in [0.25, 0.3) is 0 Å². The van der Waals surface area contributed by atoms with Gasteiger partial charge in [0.25, 0.3) is 5.91 Å². The molecule has 2 unspecified atom stereocenters. The fraction of sp³-hybridized carbons (Fsp3) is 0.625. The zero-order valence-corrected chi connectivity index (χ0v) is 13.6. The maximum absolute atomic E-state index is 12.8. The molecule has 3 heterocycles. The number of aryl methyl sites for hydroxylation is 1. The van der Waals surface area contributed by atoms with Crippen molar-refractivity contribution in [2.24, 2.45) is 5.92 Å². The fourth-order valence-corrected chi connectivity index (χ4v) is 4.39. The van der Waals surface area contributed by atoms with Crippen molar-refractivity contribution in [3.63, 3.8) is 0 Å². The Kier molecular flexibility index (Phi) is 3.78. The molecule has 0 spiro atoms. The third kappa shape index (κ3) is 2.48. The maximum atomic E-state index is 12.8. The zero-order valence-electron chi connectivity index (χ0n) is 12.8. The van der Waals surface area contributed by atoms with Gasteiger partial charge in [0, 0.05) is 12.0 Å². The number of nitrogens with one attached hydrogen (secondary N) is 1. The molecule has 21 heavy (non-hydrogen) atoms. The Labute approximate surface area is 129 Å². The Balaban J connectivity index is 1.75. The predicted molar refractivity (Wildman–Crippen MR) is 83.4 cm³/mol. The molecular formula is C16H22N2O2S. The van der Waals surface area contributed by atoms with Gasteiger partial charge < -0.3 is 10.2 Å². The third-order valence-corrected chi connectivity index (χ3v) is 5.68. The van der Waals surface area contributed by atoms with Gasteiger partial charge in [0.15, 0.2) is 0 Å². The van der Waals surface area contributed by atoms with Crippen LogP contribution in [0, 0.1) is 12.8 Å². The molecule has 0 saturated carbocycles. The Morgan fingerprint density at radius 2 is 2.14 bits per heavy atom. The molecule has 3 atom stereocenters. The molecule has 0 aliphatic carbocycles. The molecule has 1 aromatic heterocycles. The molecular weight excluding hydrogens is 284 g/mol. The van der Waals surface area contributed by atoms with Crippen molar-refractivity contribution in [3.8, 4) is 0 Å². The topological polar surface area (TPSA) is 49.4 Å². The smallest absolute Gasteiger partial charge is 0.264 e. The number of carbonyl (C=O) groups excluding carboxylic acids is 2. The third-order valence-electron chi connectivity index (χ3n) is 4.68. The van der Waals surface area contributed by atoms with Crippen molar-refractivity contribution in [1.29, 1.82) is 0 Å². The summed E-state index contributed by atoms with van der Waals surface area (Å²) in [5.74, 6) is 0.233. The van der Waals surface area contributed by atoms with Gasteiger partial charge in [-0.25, -0.2) is 0 Å². The van der Waals surface area contributed by atoms with Crippen LogP contribution in [0.1, 0.15) is 48.3 Å². The van der Waals surface area contributed by atoms with E-state index >= 15 is 0 Å². The lowest BCUT2D eigenvalue weighted by Gasteiger charge is -2.25. The number of thiophene rings is 1. The molecule has 5 heteroatoms. The largest absolute Gasteiger partial charge is 0.351 e. The van der Waals surface area contributed by atoms with E-state index in [9.17, 15) is 9.59 Å². The number of nitrogens with zero attached hydrogens (tertiary/aromatic N) is 1. The highest BCUT2D eigenvalue weighted by Crippen LogP contribution is 2.39. The van der Waals surface area contributed by atoms with Crippen molar-refractivity contribution >= 4 is 23.2 Å². The molecule has 2 saturated heterocycles. The van der Waals surface area contributed by atoms with Crippen LogP contribution in [0.5, 0.6) is 0 Å². The second-order valence-corrected chi connectivity index (χ2v) is 7.37. The summed E-state index contributed by atoms with van der Waals surface area (Å²) in [7, 11) is 0. The SMILES string of the molecule is Cc1ccsc1C(=O)N1C2CCC1[C@H](NC(=O)C(C)C)C2. The predicted octanol–water partition coefficient (Wildman–Crippen LogP) is 2.57. The van der Waals surface area contributed by atoms with Gasteiger partial charge in [-0.3, -0.25) is 9.59 Å². The molecule has 2 fully saturated rings. The first-order valence-corrected chi connectivity index (χ1v) is 8.54. The molecule has 0 aromatic carbocycles. The number of fused-ring (bicyclic) bond motifs is 2. The second kappa shape index (κ2) is 5.44. The normalized spacial score (nSPS) is 27.4. The van der Waals surface area contributed by atoms with Gasteiger partial charge in [-0.05, 0) is 43.2 Å². The molecule has 2 amide bonds. The van der Waals surface area contributed by atoms with Gasteiger partial charge >= 0.3 is 0 Å². The van der Waals surface area contributed by atoms with Crippen molar-refractivity contribution < 1.29 is 9.59 Å². The molecule has 1 aromatic rings. The molecule has 2 aliphatic rings. The van der Waals surface area contributed by atoms with Crippen molar-refractivity contribution in [1.82, 2.24) is 10.2 Å². The monoisotopic (exact) mass is 306 g/mol. The molecule has 4 nitrogen and oxygen atoms in total. The Bertz CT molecular complexity index is 566. The van der Waals surface area contributed by atoms with E-state index in [2.05, 4.69) is 5.32 Å². The standard InChI is InChI=1S/C16H22N2O2S/c1-9(2)15(19)17-12-8-11-4-5-13(12)18(11)16(20)14-10(3)6-7-21-14/h6-7,9,11-13H,4-5,8H2,1-3H3,(H,17,19)/t11?,12-,13?/m1/s1. The molecule has 2 aliphatic heterocycles. The summed E-state index contributed by atoms with van der Waals surface area (Å²) < 4.78 is 0. The van der Waals surface area contributed by atoms with E-state index in [0.717, 1.165) is 29.7 Å². The van der Waals surface area contributed by atoms with E-state index < -0.39 is 0 Å². The minimum atomic E-state index is -0.00665. The van der Waals surface area contributed by atoms with Crippen molar-refractivity contribution in [2.45, 2.75) is 58.2 Å². The number of carbonyl (C=O) groups is 2. The average molecular weight is 306 g/mol. The maximum Gasteiger partial charge on any atom is 0.264 e. The molecule has 3 rings (SSSR count). The summed E-state index contributed by atoms with van der Waals surface area (Å²) in [4.78, 5) is 27.6. The number of amides is 2. The zero-order chi connectivity index (χ0) is 15.1. The molecule has 0 radical (unpaired) electrons. The highest BCUT2D eigenvalue weighted by Gasteiger charge is 2.49. The summed E-state index contributed by atoms with van der Waals surface area (Å²) >= 11 is 1.52.